The maximum absolute atomic E-state index is 12.3. The van der Waals surface area contributed by atoms with E-state index >= 15 is 0 Å². The summed E-state index contributed by atoms with van der Waals surface area (Å²) in [5, 5.41) is 2.88. The highest BCUT2D eigenvalue weighted by molar-refractivity contribution is 5.97. The number of rotatable bonds is 10. The molecule has 1 aromatic carbocycles. The fraction of sp³-hybridized carbons (Fsp3) is 0.588. The zero-order valence-electron chi connectivity index (χ0n) is 14.0. The van der Waals surface area contributed by atoms with Crippen LogP contribution in [0.15, 0.2) is 24.3 Å². The quantitative estimate of drug-likeness (QED) is 0.674. The number of nitrogens with one attached hydrogen (secondary N) is 1. The van der Waals surface area contributed by atoms with Crippen molar-refractivity contribution in [2.24, 2.45) is 0 Å². The zero-order chi connectivity index (χ0) is 16.4. The van der Waals surface area contributed by atoms with Gasteiger partial charge < -0.3 is 19.5 Å². The number of amides is 1. The molecule has 0 radical (unpaired) electrons. The van der Waals surface area contributed by atoms with Crippen molar-refractivity contribution >= 4 is 11.6 Å². The van der Waals surface area contributed by atoms with E-state index in [0.717, 1.165) is 11.4 Å². The molecule has 0 aliphatic heterocycles. The first-order chi connectivity index (χ1) is 10.6. The molecule has 0 aliphatic carbocycles. The summed E-state index contributed by atoms with van der Waals surface area (Å²) in [7, 11) is 0. The highest BCUT2D eigenvalue weighted by atomic mass is 16.5. The predicted molar refractivity (Wildman–Crippen MR) is 87.4 cm³/mol. The molecule has 1 unspecified atom stereocenters. The van der Waals surface area contributed by atoms with Crippen LogP contribution in [0.5, 0.6) is 5.75 Å². The molecule has 0 aliphatic rings. The maximum Gasteiger partial charge on any atom is 0.256 e. The van der Waals surface area contributed by atoms with Gasteiger partial charge in [0.05, 0.1) is 6.61 Å². The molecule has 5 nitrogen and oxygen atoms in total. The van der Waals surface area contributed by atoms with Crippen LogP contribution in [0.2, 0.25) is 0 Å². The van der Waals surface area contributed by atoms with Crippen LogP contribution >= 0.6 is 0 Å². The van der Waals surface area contributed by atoms with Crippen molar-refractivity contribution in [1.29, 1.82) is 0 Å². The lowest BCUT2D eigenvalue weighted by molar-refractivity contribution is -0.139. The van der Waals surface area contributed by atoms with Gasteiger partial charge in [-0.25, -0.2) is 0 Å². The predicted octanol–water partition coefficient (Wildman–Crippen LogP) is 3.25. The van der Waals surface area contributed by atoms with E-state index in [2.05, 4.69) is 5.32 Å². The molecular weight excluding hydrogens is 282 g/mol. The molecule has 0 fully saturated rings. The van der Waals surface area contributed by atoms with Gasteiger partial charge >= 0.3 is 0 Å². The Morgan fingerprint density at radius 2 is 1.77 bits per heavy atom. The van der Waals surface area contributed by atoms with Gasteiger partial charge in [-0.3, -0.25) is 4.79 Å². The second-order valence-corrected chi connectivity index (χ2v) is 5.04. The van der Waals surface area contributed by atoms with Gasteiger partial charge in [-0.05, 0) is 51.5 Å². The lowest BCUT2D eigenvalue weighted by Gasteiger charge is -2.26. The number of anilines is 1. The molecule has 0 heterocycles. The first-order valence-corrected chi connectivity index (χ1v) is 7.81. The highest BCUT2D eigenvalue weighted by Crippen LogP contribution is 2.20. The molecule has 22 heavy (non-hydrogen) atoms. The van der Waals surface area contributed by atoms with Crippen LogP contribution in [0.1, 0.15) is 34.1 Å². The van der Waals surface area contributed by atoms with E-state index in [1.165, 1.54) is 0 Å². The van der Waals surface area contributed by atoms with E-state index in [0.29, 0.717) is 32.8 Å². The largest absolute Gasteiger partial charge is 0.491 e. The Kier molecular flexibility index (Phi) is 7.91. The molecule has 1 rings (SSSR count). The molecule has 124 valence electrons. The molecule has 0 saturated heterocycles. The van der Waals surface area contributed by atoms with Crippen molar-refractivity contribution in [2.45, 2.75) is 39.7 Å². The van der Waals surface area contributed by atoms with Crippen LogP contribution in [-0.2, 0) is 14.3 Å². The Morgan fingerprint density at radius 1 is 1.09 bits per heavy atom. The fourth-order valence-electron chi connectivity index (χ4n) is 1.91. The smallest absolute Gasteiger partial charge is 0.256 e. The summed E-state index contributed by atoms with van der Waals surface area (Å²) in [6.45, 7) is 9.84. The van der Waals surface area contributed by atoms with Crippen LogP contribution in [0.3, 0.4) is 0 Å². The summed E-state index contributed by atoms with van der Waals surface area (Å²) in [5.74, 6) is 0.614. The van der Waals surface area contributed by atoms with Gasteiger partial charge in [0, 0.05) is 18.9 Å². The van der Waals surface area contributed by atoms with Gasteiger partial charge in [0.1, 0.15) is 18.0 Å². The first-order valence-electron chi connectivity index (χ1n) is 7.81. The maximum atomic E-state index is 12.3. The molecule has 0 saturated carbocycles. The summed E-state index contributed by atoms with van der Waals surface area (Å²) in [5.41, 5.74) is -0.0805. The molecule has 0 spiro atoms. The van der Waals surface area contributed by atoms with Crippen LogP contribution in [-0.4, -0.2) is 37.9 Å². The van der Waals surface area contributed by atoms with Crippen molar-refractivity contribution in [2.75, 3.05) is 31.7 Å². The van der Waals surface area contributed by atoms with Gasteiger partial charge in [0.15, 0.2) is 0 Å². The van der Waals surface area contributed by atoms with Crippen LogP contribution < -0.4 is 10.1 Å². The van der Waals surface area contributed by atoms with Crippen LogP contribution in [0.4, 0.5) is 5.69 Å². The molecular formula is C17H27NO4. The van der Waals surface area contributed by atoms with E-state index in [1.54, 1.807) is 6.92 Å². The average molecular weight is 309 g/mol. The summed E-state index contributed by atoms with van der Waals surface area (Å²) >= 11 is 0. The van der Waals surface area contributed by atoms with E-state index < -0.39 is 5.60 Å². The van der Waals surface area contributed by atoms with Gasteiger partial charge in [-0.15, -0.1) is 0 Å². The topological polar surface area (TPSA) is 56.8 Å². The van der Waals surface area contributed by atoms with Crippen molar-refractivity contribution in [1.82, 2.24) is 0 Å². The molecule has 0 bridgehead atoms. The molecule has 1 aromatic rings. The lowest BCUT2D eigenvalue weighted by atomic mass is 10.0. The second kappa shape index (κ2) is 9.43. The third kappa shape index (κ3) is 5.66. The van der Waals surface area contributed by atoms with Crippen molar-refractivity contribution in [3.63, 3.8) is 0 Å². The number of benzene rings is 1. The molecule has 1 atom stereocenters. The third-order valence-electron chi connectivity index (χ3n) is 3.43. The number of hydrogen-bond donors (Lipinski definition) is 1. The van der Waals surface area contributed by atoms with Crippen molar-refractivity contribution in [3.05, 3.63) is 24.3 Å². The normalized spacial score (nSPS) is 13.5. The Morgan fingerprint density at radius 3 is 2.32 bits per heavy atom. The highest BCUT2D eigenvalue weighted by Gasteiger charge is 2.31. The number of ether oxygens (including phenoxy) is 3. The van der Waals surface area contributed by atoms with E-state index in [9.17, 15) is 4.79 Å². The Labute approximate surface area is 132 Å². The zero-order valence-corrected chi connectivity index (χ0v) is 14.0. The summed E-state index contributed by atoms with van der Waals surface area (Å²) in [6.07, 6.45) is 0.616. The minimum atomic E-state index is -0.804. The van der Waals surface area contributed by atoms with Gasteiger partial charge in [-0.1, -0.05) is 6.92 Å². The molecule has 0 aromatic heterocycles. The van der Waals surface area contributed by atoms with Gasteiger partial charge in [0.25, 0.3) is 5.91 Å². The Balaban J connectivity index is 2.54. The molecule has 1 amide bonds. The summed E-state index contributed by atoms with van der Waals surface area (Å²) in [6, 6.07) is 7.28. The second-order valence-electron chi connectivity index (χ2n) is 5.04. The molecule has 5 heteroatoms. The first kappa shape index (κ1) is 18.5. The third-order valence-corrected chi connectivity index (χ3v) is 3.43. The molecule has 1 N–H and O–H groups in total. The van der Waals surface area contributed by atoms with Gasteiger partial charge in [-0.2, -0.15) is 0 Å². The Bertz CT molecular complexity index is 446. The average Bonchev–Trinajstić information content (AvgIpc) is 2.53. The number of carbonyl (C=O) groups excluding carboxylic acids is 1. The SMILES string of the molecule is CCOCCOc1ccc(NC(=O)C(C)(CC)OCC)cc1. The number of carbonyl (C=O) groups is 1. The van der Waals surface area contributed by atoms with Gasteiger partial charge in [0.2, 0.25) is 0 Å². The summed E-state index contributed by atoms with van der Waals surface area (Å²) < 4.78 is 16.3. The van der Waals surface area contributed by atoms with Crippen molar-refractivity contribution in [3.8, 4) is 5.75 Å². The van der Waals surface area contributed by atoms with Crippen molar-refractivity contribution < 1.29 is 19.0 Å². The summed E-state index contributed by atoms with van der Waals surface area (Å²) in [4.78, 5) is 12.3. The van der Waals surface area contributed by atoms with Crippen LogP contribution in [0, 0.1) is 0 Å². The number of hydrogen-bond acceptors (Lipinski definition) is 4. The van der Waals surface area contributed by atoms with E-state index in [1.807, 2.05) is 45.0 Å². The minimum absolute atomic E-state index is 0.137. The van der Waals surface area contributed by atoms with E-state index in [-0.39, 0.29) is 5.91 Å². The standard InChI is InChI=1S/C17H27NO4/c1-5-17(4,22-7-3)16(19)18-14-8-10-15(11-9-14)21-13-12-20-6-2/h8-11H,5-7,12-13H2,1-4H3,(H,18,19). The lowest BCUT2D eigenvalue weighted by Crippen LogP contribution is -2.42. The monoisotopic (exact) mass is 309 g/mol. The Hall–Kier alpha value is -1.59. The van der Waals surface area contributed by atoms with Crippen LogP contribution in [0.25, 0.3) is 0 Å². The fourth-order valence-corrected chi connectivity index (χ4v) is 1.91. The minimum Gasteiger partial charge on any atom is -0.491 e. The van der Waals surface area contributed by atoms with E-state index in [4.69, 9.17) is 14.2 Å².